The van der Waals surface area contributed by atoms with Crippen LogP contribution in [0.3, 0.4) is 0 Å². The largest absolute Gasteiger partial charge is 0.463 e. The SMILES string of the molecule is O=C(c1ccc2c(cnn2C(=O)O)c1)N1CCC2(CC1)C(=O)NCN2c1ccccc1. The van der Waals surface area contributed by atoms with Crippen molar-refractivity contribution in [3.05, 3.63) is 60.3 Å². The number of piperidine rings is 1. The summed E-state index contributed by atoms with van der Waals surface area (Å²) >= 11 is 0. The molecule has 31 heavy (non-hydrogen) atoms. The molecule has 0 atom stereocenters. The monoisotopic (exact) mass is 419 g/mol. The Morgan fingerprint density at radius 3 is 2.52 bits per heavy atom. The number of anilines is 1. The fourth-order valence-electron chi connectivity index (χ4n) is 4.61. The summed E-state index contributed by atoms with van der Waals surface area (Å²) in [4.78, 5) is 40.9. The van der Waals surface area contributed by atoms with Crippen LogP contribution in [-0.2, 0) is 4.79 Å². The van der Waals surface area contributed by atoms with Gasteiger partial charge in [-0.1, -0.05) is 18.2 Å². The van der Waals surface area contributed by atoms with E-state index in [2.05, 4.69) is 15.3 Å². The van der Waals surface area contributed by atoms with Crippen molar-refractivity contribution < 1.29 is 19.5 Å². The lowest BCUT2D eigenvalue weighted by atomic mass is 9.85. The number of likely N-dealkylation sites (tertiary alicyclic amines) is 1. The van der Waals surface area contributed by atoms with Crippen LogP contribution in [0.2, 0.25) is 0 Å². The van der Waals surface area contributed by atoms with Crippen LogP contribution in [-0.4, -0.2) is 63.0 Å². The van der Waals surface area contributed by atoms with E-state index in [9.17, 15) is 14.4 Å². The van der Waals surface area contributed by atoms with Gasteiger partial charge in [-0.05, 0) is 43.2 Å². The Kier molecular flexibility index (Phi) is 4.39. The highest BCUT2D eigenvalue weighted by molar-refractivity contribution is 5.99. The molecule has 2 aliphatic heterocycles. The second kappa shape index (κ2) is 7.12. The van der Waals surface area contributed by atoms with E-state index in [1.807, 2.05) is 30.3 Å². The zero-order valence-corrected chi connectivity index (χ0v) is 16.7. The number of para-hydroxylation sites is 1. The minimum atomic E-state index is -1.17. The molecule has 158 valence electrons. The highest BCUT2D eigenvalue weighted by Gasteiger charge is 2.50. The van der Waals surface area contributed by atoms with E-state index >= 15 is 0 Å². The van der Waals surface area contributed by atoms with Gasteiger partial charge in [-0.25, -0.2) is 4.79 Å². The topological polar surface area (TPSA) is 108 Å². The van der Waals surface area contributed by atoms with E-state index in [1.54, 1.807) is 23.1 Å². The average molecular weight is 419 g/mol. The number of hydrogen-bond donors (Lipinski definition) is 2. The predicted molar refractivity (Wildman–Crippen MR) is 113 cm³/mol. The van der Waals surface area contributed by atoms with E-state index in [0.29, 0.717) is 49.1 Å². The smallest absolute Gasteiger partial charge is 0.432 e. The number of carbonyl (C=O) groups is 3. The Hall–Kier alpha value is -3.88. The van der Waals surface area contributed by atoms with Gasteiger partial charge in [0.1, 0.15) is 5.54 Å². The molecule has 2 fully saturated rings. The number of nitrogens with one attached hydrogen (secondary N) is 1. The molecule has 2 N–H and O–H groups in total. The molecule has 0 unspecified atom stereocenters. The molecule has 5 rings (SSSR count). The Morgan fingerprint density at radius 1 is 1.06 bits per heavy atom. The third kappa shape index (κ3) is 3.00. The van der Waals surface area contributed by atoms with Gasteiger partial charge in [0.2, 0.25) is 5.91 Å². The molecule has 0 bridgehead atoms. The van der Waals surface area contributed by atoms with Crippen LogP contribution in [0.1, 0.15) is 23.2 Å². The number of fused-ring (bicyclic) bond motifs is 1. The lowest BCUT2D eigenvalue weighted by Crippen LogP contribution is -2.57. The van der Waals surface area contributed by atoms with Gasteiger partial charge < -0.3 is 20.2 Å². The lowest BCUT2D eigenvalue weighted by molar-refractivity contribution is -0.124. The van der Waals surface area contributed by atoms with E-state index in [1.165, 1.54) is 6.20 Å². The molecule has 3 aromatic rings. The van der Waals surface area contributed by atoms with Gasteiger partial charge in [0.25, 0.3) is 5.91 Å². The van der Waals surface area contributed by atoms with E-state index in [-0.39, 0.29) is 11.8 Å². The zero-order valence-electron chi connectivity index (χ0n) is 16.7. The normalized spacial score (nSPS) is 17.9. The molecule has 0 aliphatic carbocycles. The molecular weight excluding hydrogens is 398 g/mol. The van der Waals surface area contributed by atoms with E-state index < -0.39 is 11.6 Å². The van der Waals surface area contributed by atoms with Gasteiger partial charge in [0.05, 0.1) is 18.4 Å². The van der Waals surface area contributed by atoms with Gasteiger partial charge in [-0.15, -0.1) is 0 Å². The van der Waals surface area contributed by atoms with Crippen molar-refractivity contribution in [2.24, 2.45) is 0 Å². The quantitative estimate of drug-likeness (QED) is 0.659. The van der Waals surface area contributed by atoms with Gasteiger partial charge in [0, 0.05) is 29.7 Å². The first kappa shape index (κ1) is 19.1. The summed E-state index contributed by atoms with van der Waals surface area (Å²) in [5.41, 5.74) is 1.25. The molecule has 2 aliphatic rings. The van der Waals surface area contributed by atoms with Crippen molar-refractivity contribution in [2.75, 3.05) is 24.7 Å². The number of rotatable bonds is 2. The molecule has 0 saturated carbocycles. The van der Waals surface area contributed by atoms with Gasteiger partial charge in [-0.3, -0.25) is 9.59 Å². The second-order valence-corrected chi connectivity index (χ2v) is 7.86. The molecule has 2 amide bonds. The van der Waals surface area contributed by atoms with Crippen LogP contribution < -0.4 is 10.2 Å². The Labute approximate surface area is 177 Å². The Balaban J connectivity index is 1.35. The van der Waals surface area contributed by atoms with Crippen molar-refractivity contribution in [2.45, 2.75) is 18.4 Å². The number of nitrogens with zero attached hydrogens (tertiary/aromatic N) is 4. The van der Waals surface area contributed by atoms with Crippen molar-refractivity contribution in [1.82, 2.24) is 20.0 Å². The fraction of sp³-hybridized carbons (Fsp3) is 0.273. The summed E-state index contributed by atoms with van der Waals surface area (Å²) in [5, 5.41) is 16.6. The van der Waals surface area contributed by atoms with Crippen molar-refractivity contribution in [3.8, 4) is 0 Å². The third-order valence-corrected chi connectivity index (χ3v) is 6.28. The Morgan fingerprint density at radius 2 is 1.81 bits per heavy atom. The standard InChI is InChI=1S/C22H21N5O4/c28-19(15-6-7-18-16(12-15)13-24-27(18)21(30)31)25-10-8-22(9-11-25)20(29)23-14-26(22)17-4-2-1-3-5-17/h1-7,12-13H,8-11,14H2,(H,23,29)(H,30,31). The maximum Gasteiger partial charge on any atom is 0.432 e. The highest BCUT2D eigenvalue weighted by atomic mass is 16.4. The zero-order chi connectivity index (χ0) is 21.6. The summed E-state index contributed by atoms with van der Waals surface area (Å²) in [6, 6.07) is 14.7. The van der Waals surface area contributed by atoms with E-state index in [0.717, 1.165) is 10.4 Å². The number of amides is 2. The summed E-state index contributed by atoms with van der Waals surface area (Å²) in [7, 11) is 0. The van der Waals surface area contributed by atoms with Crippen LogP contribution in [0.25, 0.3) is 10.9 Å². The molecular formula is C22H21N5O4. The molecule has 9 nitrogen and oxygen atoms in total. The van der Waals surface area contributed by atoms with E-state index in [4.69, 9.17) is 5.11 Å². The number of hydrogen-bond acceptors (Lipinski definition) is 5. The lowest BCUT2D eigenvalue weighted by Gasteiger charge is -2.43. The first-order chi connectivity index (χ1) is 15.0. The molecule has 1 spiro atoms. The van der Waals surface area contributed by atoms with Gasteiger partial charge in [-0.2, -0.15) is 9.78 Å². The summed E-state index contributed by atoms with van der Waals surface area (Å²) < 4.78 is 0.880. The Bertz CT molecular complexity index is 1180. The van der Waals surface area contributed by atoms with Crippen LogP contribution in [0, 0.1) is 0 Å². The molecule has 2 aromatic carbocycles. The van der Waals surface area contributed by atoms with Crippen LogP contribution >= 0.6 is 0 Å². The molecule has 0 radical (unpaired) electrons. The molecule has 1 aromatic heterocycles. The first-order valence-corrected chi connectivity index (χ1v) is 10.1. The minimum absolute atomic E-state index is 0.00552. The molecule has 3 heterocycles. The molecule has 9 heteroatoms. The number of carboxylic acid groups (broad SMARTS) is 1. The van der Waals surface area contributed by atoms with Gasteiger partial charge in [0.15, 0.2) is 0 Å². The van der Waals surface area contributed by atoms with Gasteiger partial charge >= 0.3 is 6.09 Å². The number of aromatic nitrogens is 2. The second-order valence-electron chi connectivity index (χ2n) is 7.86. The maximum atomic E-state index is 13.1. The van der Waals surface area contributed by atoms with Crippen molar-refractivity contribution in [3.63, 3.8) is 0 Å². The molecule has 2 saturated heterocycles. The number of benzene rings is 2. The minimum Gasteiger partial charge on any atom is -0.463 e. The average Bonchev–Trinajstić information content (AvgIpc) is 3.36. The predicted octanol–water partition coefficient (Wildman–Crippen LogP) is 2.13. The first-order valence-electron chi connectivity index (χ1n) is 10.1. The van der Waals surface area contributed by atoms with Crippen molar-refractivity contribution >= 4 is 34.5 Å². The number of carbonyl (C=O) groups excluding carboxylic acids is 2. The maximum absolute atomic E-state index is 13.1. The summed E-state index contributed by atoms with van der Waals surface area (Å²) in [5.74, 6) is -0.129. The van der Waals surface area contributed by atoms with Crippen LogP contribution in [0.5, 0.6) is 0 Å². The highest BCUT2D eigenvalue weighted by Crippen LogP contribution is 2.36. The summed E-state index contributed by atoms with van der Waals surface area (Å²) in [6.45, 7) is 1.38. The van der Waals surface area contributed by atoms with Crippen LogP contribution in [0.4, 0.5) is 10.5 Å². The summed E-state index contributed by atoms with van der Waals surface area (Å²) in [6.07, 6.45) is 1.34. The fourth-order valence-corrected chi connectivity index (χ4v) is 4.61. The van der Waals surface area contributed by atoms with Crippen LogP contribution in [0.15, 0.2) is 54.7 Å². The van der Waals surface area contributed by atoms with Crippen molar-refractivity contribution in [1.29, 1.82) is 0 Å². The third-order valence-electron chi connectivity index (χ3n) is 6.28.